The number of hydrogen-bond acceptors (Lipinski definition) is 7. The van der Waals surface area contributed by atoms with Crippen molar-refractivity contribution in [2.75, 3.05) is 30.5 Å². The molecular formula is C28H28N4O5S. The molecular weight excluding hydrogens is 504 g/mol. The molecule has 38 heavy (non-hydrogen) atoms. The number of aldehydes is 1. The normalized spacial score (nSPS) is 13.4. The van der Waals surface area contributed by atoms with E-state index in [4.69, 9.17) is 5.73 Å². The fourth-order valence-corrected chi connectivity index (χ4v) is 5.22. The average Bonchev–Trinajstić information content (AvgIpc) is 2.90. The molecule has 0 bridgehead atoms. The average molecular weight is 533 g/mol. The molecule has 0 aliphatic heterocycles. The molecule has 0 radical (unpaired) electrons. The number of fused-ring (bicyclic) bond motifs is 1. The molecule has 0 atom stereocenters. The van der Waals surface area contributed by atoms with Gasteiger partial charge in [0.2, 0.25) is 5.91 Å². The Labute approximate surface area is 221 Å². The molecule has 1 aliphatic carbocycles. The summed E-state index contributed by atoms with van der Waals surface area (Å²) in [6.07, 6.45) is 6.27. The van der Waals surface area contributed by atoms with E-state index in [1.807, 2.05) is 24.3 Å². The highest BCUT2D eigenvalue weighted by Gasteiger charge is 2.27. The third kappa shape index (κ3) is 5.81. The predicted octanol–water partition coefficient (Wildman–Crippen LogP) is 3.06. The summed E-state index contributed by atoms with van der Waals surface area (Å²) in [5.74, 6) is -0.602. The molecule has 196 valence electrons. The number of likely N-dealkylation sites (N-methyl/N-ethyl adjacent to an activating group) is 1. The van der Waals surface area contributed by atoms with Crippen LogP contribution in [0.2, 0.25) is 0 Å². The van der Waals surface area contributed by atoms with Crippen LogP contribution in [-0.2, 0) is 30.8 Å². The lowest BCUT2D eigenvalue weighted by Gasteiger charge is -2.28. The summed E-state index contributed by atoms with van der Waals surface area (Å²) in [6.45, 7) is -0.304. The Balaban J connectivity index is 1.70. The van der Waals surface area contributed by atoms with Gasteiger partial charge in [-0.2, -0.15) is 0 Å². The van der Waals surface area contributed by atoms with E-state index in [1.54, 1.807) is 36.4 Å². The van der Waals surface area contributed by atoms with Gasteiger partial charge in [0.1, 0.15) is 18.6 Å². The fourth-order valence-electron chi connectivity index (χ4n) is 4.34. The van der Waals surface area contributed by atoms with Crippen LogP contribution in [0.1, 0.15) is 18.4 Å². The van der Waals surface area contributed by atoms with Gasteiger partial charge in [-0.15, -0.1) is 0 Å². The molecule has 2 N–H and O–H groups in total. The van der Waals surface area contributed by atoms with Gasteiger partial charge >= 0.3 is 0 Å². The maximum atomic E-state index is 13.7. The topological polar surface area (TPSA) is 131 Å². The van der Waals surface area contributed by atoms with Crippen LogP contribution >= 0.6 is 0 Å². The van der Waals surface area contributed by atoms with Gasteiger partial charge in [0, 0.05) is 29.8 Å². The van der Waals surface area contributed by atoms with Gasteiger partial charge in [-0.1, -0.05) is 36.4 Å². The Morgan fingerprint density at radius 1 is 1.11 bits per heavy atom. The van der Waals surface area contributed by atoms with Gasteiger partial charge in [-0.25, -0.2) is 13.4 Å². The number of nitrogens with two attached hydrogens (primary N) is 1. The van der Waals surface area contributed by atoms with Crippen LogP contribution in [-0.4, -0.2) is 56.3 Å². The molecule has 1 aromatic heterocycles. The molecule has 1 aliphatic rings. The van der Waals surface area contributed by atoms with Gasteiger partial charge in [-0.3, -0.25) is 14.4 Å². The van der Waals surface area contributed by atoms with Crippen molar-refractivity contribution in [3.05, 3.63) is 83.5 Å². The number of amides is 2. The first kappa shape index (κ1) is 26.7. The maximum Gasteiger partial charge on any atom is 0.254 e. The van der Waals surface area contributed by atoms with Crippen molar-refractivity contribution >= 4 is 50.3 Å². The summed E-state index contributed by atoms with van der Waals surface area (Å²) < 4.78 is 25.2. The number of pyridine rings is 1. The minimum absolute atomic E-state index is 0.00773. The number of hydrogen-bond donors (Lipinski definition) is 1. The number of aromatic nitrogens is 1. The zero-order chi connectivity index (χ0) is 27.4. The Kier molecular flexibility index (Phi) is 7.72. The molecule has 2 aromatic carbocycles. The van der Waals surface area contributed by atoms with Crippen LogP contribution in [0.4, 0.5) is 11.5 Å². The first-order valence-corrected chi connectivity index (χ1v) is 13.8. The summed E-state index contributed by atoms with van der Waals surface area (Å²) in [5.41, 5.74) is 8.01. The molecule has 9 nitrogen and oxygen atoms in total. The van der Waals surface area contributed by atoms with Crippen LogP contribution in [0.15, 0.2) is 82.8 Å². The molecule has 0 unspecified atom stereocenters. The molecule has 4 rings (SSSR count). The van der Waals surface area contributed by atoms with Crippen molar-refractivity contribution in [2.24, 2.45) is 0 Å². The molecule has 2 amide bonds. The van der Waals surface area contributed by atoms with Crippen molar-refractivity contribution in [3.8, 4) is 0 Å². The molecule has 1 heterocycles. The summed E-state index contributed by atoms with van der Waals surface area (Å²) in [6, 6.07) is 15.2. The number of nitrogen functional groups attached to an aromatic ring is 1. The van der Waals surface area contributed by atoms with E-state index < -0.39 is 21.7 Å². The van der Waals surface area contributed by atoms with E-state index in [1.165, 1.54) is 22.9 Å². The summed E-state index contributed by atoms with van der Waals surface area (Å²) in [4.78, 5) is 45.2. The highest BCUT2D eigenvalue weighted by atomic mass is 32.2. The zero-order valence-corrected chi connectivity index (χ0v) is 21.9. The van der Waals surface area contributed by atoms with Crippen LogP contribution < -0.4 is 10.6 Å². The monoisotopic (exact) mass is 532 g/mol. The highest BCUT2D eigenvalue weighted by Crippen LogP contribution is 2.28. The van der Waals surface area contributed by atoms with Crippen LogP contribution in [0.25, 0.3) is 10.9 Å². The number of benzene rings is 2. The Bertz CT molecular complexity index is 1590. The van der Waals surface area contributed by atoms with Gasteiger partial charge in [-0.05, 0) is 48.7 Å². The third-order valence-electron chi connectivity index (χ3n) is 6.28. The van der Waals surface area contributed by atoms with Gasteiger partial charge < -0.3 is 15.5 Å². The van der Waals surface area contributed by atoms with Crippen molar-refractivity contribution in [3.63, 3.8) is 0 Å². The molecule has 0 saturated carbocycles. The summed E-state index contributed by atoms with van der Waals surface area (Å²) in [7, 11) is -2.20. The van der Waals surface area contributed by atoms with Crippen LogP contribution in [0, 0.1) is 0 Å². The fraction of sp³-hybridized carbons (Fsp3) is 0.214. The van der Waals surface area contributed by atoms with Crippen molar-refractivity contribution in [1.82, 2.24) is 9.88 Å². The maximum absolute atomic E-state index is 13.7. The van der Waals surface area contributed by atoms with E-state index in [0.29, 0.717) is 41.6 Å². The smallest absolute Gasteiger partial charge is 0.254 e. The number of anilines is 2. The van der Waals surface area contributed by atoms with Crippen molar-refractivity contribution in [2.45, 2.75) is 24.3 Å². The minimum atomic E-state index is -3.68. The standard InChI is InChI=1S/C28H28N4O5S/c1-31(28(35)22-8-4-3-7-21(22)18-33)17-27(34)32(24-9-5-6-10-25(24)38(2,36)37)16-19-11-12-20-13-14-26(29)30-23(20)15-19/h4-6,8-15,18H,3,7,16-17H2,1-2H3,(H2,29,30). The van der Waals surface area contributed by atoms with Crippen LogP contribution in [0.3, 0.4) is 0 Å². The molecule has 0 spiro atoms. The van der Waals surface area contributed by atoms with E-state index in [2.05, 4.69) is 4.98 Å². The first-order chi connectivity index (χ1) is 18.1. The van der Waals surface area contributed by atoms with Crippen LogP contribution in [0.5, 0.6) is 0 Å². The number of sulfone groups is 1. The predicted molar refractivity (Wildman–Crippen MR) is 146 cm³/mol. The number of carbonyl (C=O) groups is 3. The molecule has 3 aromatic rings. The Morgan fingerprint density at radius 3 is 2.58 bits per heavy atom. The second-order valence-corrected chi connectivity index (χ2v) is 11.1. The quantitative estimate of drug-likeness (QED) is 0.441. The number of para-hydroxylation sites is 1. The lowest BCUT2D eigenvalue weighted by atomic mass is 9.97. The molecule has 0 fully saturated rings. The van der Waals surface area contributed by atoms with E-state index >= 15 is 0 Å². The van der Waals surface area contributed by atoms with Gasteiger partial charge in [0.15, 0.2) is 9.84 Å². The second kappa shape index (κ2) is 11.0. The number of allylic oxidation sites excluding steroid dienone is 2. The number of rotatable bonds is 8. The Hall–Kier alpha value is -4.31. The molecule has 10 heteroatoms. The van der Waals surface area contributed by atoms with Crippen molar-refractivity contribution < 1.29 is 22.8 Å². The summed E-state index contributed by atoms with van der Waals surface area (Å²) >= 11 is 0. The summed E-state index contributed by atoms with van der Waals surface area (Å²) in [5, 5.41) is 0.863. The van der Waals surface area contributed by atoms with E-state index in [0.717, 1.165) is 11.6 Å². The SMILES string of the molecule is CN(CC(=O)N(Cc1ccc2ccc(N)nc2c1)c1ccccc1S(C)(=O)=O)C(=O)C1=C(C=O)CCC=C1. The largest absolute Gasteiger partial charge is 0.384 e. The number of nitrogens with zero attached hydrogens (tertiary/aromatic N) is 3. The lowest BCUT2D eigenvalue weighted by molar-refractivity contribution is -0.130. The highest BCUT2D eigenvalue weighted by molar-refractivity contribution is 7.90. The lowest BCUT2D eigenvalue weighted by Crippen LogP contribution is -2.42. The minimum Gasteiger partial charge on any atom is -0.384 e. The van der Waals surface area contributed by atoms with Gasteiger partial charge in [0.05, 0.1) is 22.6 Å². The third-order valence-corrected chi connectivity index (χ3v) is 7.42. The zero-order valence-electron chi connectivity index (χ0n) is 21.1. The Morgan fingerprint density at radius 2 is 1.84 bits per heavy atom. The van der Waals surface area contributed by atoms with E-state index in [9.17, 15) is 22.8 Å². The van der Waals surface area contributed by atoms with Gasteiger partial charge in [0.25, 0.3) is 5.91 Å². The molecule has 0 saturated heterocycles. The van der Waals surface area contributed by atoms with E-state index in [-0.39, 0.29) is 29.2 Å². The second-order valence-electron chi connectivity index (χ2n) is 9.14. The number of carbonyl (C=O) groups excluding carboxylic acids is 3. The first-order valence-electron chi connectivity index (χ1n) is 11.9. The van der Waals surface area contributed by atoms with Crippen molar-refractivity contribution in [1.29, 1.82) is 0 Å².